The summed E-state index contributed by atoms with van der Waals surface area (Å²) in [5, 5.41) is 3.34. The summed E-state index contributed by atoms with van der Waals surface area (Å²) in [5.74, 6) is -0.280. The van der Waals surface area contributed by atoms with Crippen LogP contribution in [0.4, 0.5) is 0 Å². The molecule has 0 bridgehead atoms. The Morgan fingerprint density at radius 3 is 2.59 bits per heavy atom. The third-order valence-corrected chi connectivity index (χ3v) is 6.13. The van der Waals surface area contributed by atoms with Crippen LogP contribution in [0.25, 0.3) is 0 Å². The number of amides is 1. The number of hydrogen-bond acceptors (Lipinski definition) is 4. The van der Waals surface area contributed by atoms with Gasteiger partial charge in [-0.05, 0) is 33.6 Å². The van der Waals surface area contributed by atoms with E-state index in [1.807, 2.05) is 0 Å². The van der Waals surface area contributed by atoms with Gasteiger partial charge < -0.3 is 5.32 Å². The van der Waals surface area contributed by atoms with Gasteiger partial charge in [0.1, 0.15) is 0 Å². The fraction of sp³-hybridized carbons (Fsp3) is 0.909. The number of rotatable bonds is 2. The van der Waals surface area contributed by atoms with Gasteiger partial charge in [0, 0.05) is 12.1 Å². The Labute approximate surface area is 103 Å². The quantitative estimate of drug-likeness (QED) is 0.783. The Morgan fingerprint density at radius 2 is 2.06 bits per heavy atom. The number of carbonyl (C=O) groups excluding carboxylic acids is 1. The van der Waals surface area contributed by atoms with Gasteiger partial charge in [0.15, 0.2) is 4.75 Å². The first-order chi connectivity index (χ1) is 7.76. The van der Waals surface area contributed by atoms with E-state index in [-0.39, 0.29) is 18.5 Å². The molecule has 2 unspecified atom stereocenters. The molecule has 5 nitrogen and oxygen atoms in total. The molecule has 2 fully saturated rings. The van der Waals surface area contributed by atoms with Crippen LogP contribution in [0.3, 0.4) is 0 Å². The maximum absolute atomic E-state index is 11.9. The maximum Gasteiger partial charge on any atom is 0.258 e. The van der Waals surface area contributed by atoms with E-state index in [9.17, 15) is 13.2 Å². The van der Waals surface area contributed by atoms with Crippen LogP contribution in [0.2, 0.25) is 0 Å². The molecule has 0 saturated carbocycles. The second-order valence-electron chi connectivity index (χ2n) is 5.55. The van der Waals surface area contributed by atoms with E-state index in [0.717, 1.165) is 23.6 Å². The van der Waals surface area contributed by atoms with Gasteiger partial charge in [-0.3, -0.25) is 4.79 Å². The highest BCUT2D eigenvalue weighted by Gasteiger charge is 2.60. The molecule has 0 aromatic carbocycles. The first kappa shape index (κ1) is 12.8. The highest BCUT2D eigenvalue weighted by atomic mass is 32.2. The molecule has 0 radical (unpaired) electrons. The fourth-order valence-corrected chi connectivity index (χ4v) is 4.09. The zero-order valence-corrected chi connectivity index (χ0v) is 11.4. The molecule has 2 aliphatic rings. The van der Waals surface area contributed by atoms with E-state index < -0.39 is 14.8 Å². The zero-order valence-electron chi connectivity index (χ0n) is 10.6. The molecule has 2 atom stereocenters. The molecule has 0 aromatic rings. The van der Waals surface area contributed by atoms with Crippen LogP contribution in [-0.2, 0) is 14.8 Å². The van der Waals surface area contributed by atoms with Crippen LogP contribution < -0.4 is 5.32 Å². The van der Waals surface area contributed by atoms with Gasteiger partial charge in [-0.1, -0.05) is 6.42 Å². The highest BCUT2D eigenvalue weighted by molar-refractivity contribution is 7.94. The lowest BCUT2D eigenvalue weighted by molar-refractivity contribution is -0.132. The molecule has 17 heavy (non-hydrogen) atoms. The molecule has 2 aliphatic heterocycles. The number of carbonyl (C=O) groups is 1. The summed E-state index contributed by atoms with van der Waals surface area (Å²) in [7, 11) is -3.42. The van der Waals surface area contributed by atoms with Crippen molar-refractivity contribution in [3.05, 3.63) is 0 Å². The van der Waals surface area contributed by atoms with E-state index in [1.54, 1.807) is 0 Å². The standard InChI is InChI=1S/C11H20N2O3S/c1-8-5-4-6-9(12-8)7-13-10(14)11(2,3)17(13,15)16/h8-9,12H,4-7H2,1-3H3. The molecule has 6 heteroatoms. The normalized spacial score (nSPS) is 35.5. The molecule has 0 aromatic heterocycles. The largest absolute Gasteiger partial charge is 0.310 e. The summed E-state index contributed by atoms with van der Waals surface area (Å²) in [6, 6.07) is 0.509. The summed E-state index contributed by atoms with van der Waals surface area (Å²) in [6.45, 7) is 5.31. The predicted molar refractivity (Wildman–Crippen MR) is 64.9 cm³/mol. The number of sulfonamides is 1. The lowest BCUT2D eigenvalue weighted by atomic mass is 9.99. The van der Waals surface area contributed by atoms with E-state index in [2.05, 4.69) is 12.2 Å². The second kappa shape index (κ2) is 3.95. The van der Waals surface area contributed by atoms with Crippen molar-refractivity contribution < 1.29 is 13.2 Å². The minimum Gasteiger partial charge on any atom is -0.310 e. The lowest BCUT2D eigenvalue weighted by Crippen LogP contribution is -2.69. The Hall–Kier alpha value is -0.620. The van der Waals surface area contributed by atoms with Gasteiger partial charge >= 0.3 is 0 Å². The van der Waals surface area contributed by atoms with Crippen LogP contribution in [0, 0.1) is 0 Å². The molecule has 2 heterocycles. The van der Waals surface area contributed by atoms with Crippen molar-refractivity contribution in [2.45, 2.75) is 56.9 Å². The molecule has 1 amide bonds. The van der Waals surface area contributed by atoms with E-state index in [4.69, 9.17) is 0 Å². The van der Waals surface area contributed by atoms with Gasteiger partial charge in [-0.25, -0.2) is 12.7 Å². The van der Waals surface area contributed by atoms with Gasteiger partial charge in [0.2, 0.25) is 0 Å². The first-order valence-corrected chi connectivity index (χ1v) is 7.53. The number of hydrogen-bond donors (Lipinski definition) is 1. The minimum atomic E-state index is -3.42. The smallest absolute Gasteiger partial charge is 0.258 e. The van der Waals surface area contributed by atoms with E-state index in [1.165, 1.54) is 13.8 Å². The van der Waals surface area contributed by atoms with Crippen molar-refractivity contribution in [1.82, 2.24) is 9.62 Å². The van der Waals surface area contributed by atoms with Gasteiger partial charge in [-0.2, -0.15) is 0 Å². The molecular weight excluding hydrogens is 240 g/mol. The van der Waals surface area contributed by atoms with Gasteiger partial charge in [-0.15, -0.1) is 0 Å². The summed E-state index contributed by atoms with van der Waals surface area (Å²) in [6.07, 6.45) is 3.14. The Bertz CT molecular complexity index is 430. The van der Waals surface area contributed by atoms with Crippen molar-refractivity contribution >= 4 is 15.9 Å². The fourth-order valence-electron chi connectivity index (χ4n) is 2.52. The molecule has 0 spiro atoms. The number of nitrogens with one attached hydrogen (secondary N) is 1. The van der Waals surface area contributed by atoms with Crippen molar-refractivity contribution in [2.75, 3.05) is 6.54 Å². The molecule has 2 rings (SSSR count). The second-order valence-corrected chi connectivity index (χ2v) is 7.96. The summed E-state index contributed by atoms with van der Waals surface area (Å²) >= 11 is 0. The van der Waals surface area contributed by atoms with Crippen LogP contribution in [-0.4, -0.2) is 42.0 Å². The average molecular weight is 260 g/mol. The number of piperidine rings is 1. The van der Waals surface area contributed by atoms with Crippen molar-refractivity contribution in [3.63, 3.8) is 0 Å². The Balaban J connectivity index is 2.04. The maximum atomic E-state index is 11.9. The molecule has 0 aliphatic carbocycles. The molecular formula is C11H20N2O3S. The Kier molecular flexibility index (Phi) is 2.98. The zero-order chi connectivity index (χ0) is 12.8. The highest BCUT2D eigenvalue weighted by Crippen LogP contribution is 2.35. The monoisotopic (exact) mass is 260 g/mol. The van der Waals surface area contributed by atoms with Crippen molar-refractivity contribution in [2.24, 2.45) is 0 Å². The van der Waals surface area contributed by atoms with E-state index in [0.29, 0.717) is 6.04 Å². The third-order valence-electron chi connectivity index (χ3n) is 3.77. The first-order valence-electron chi connectivity index (χ1n) is 6.09. The van der Waals surface area contributed by atoms with Crippen LogP contribution in [0.15, 0.2) is 0 Å². The number of nitrogens with zero attached hydrogens (tertiary/aromatic N) is 1. The Morgan fingerprint density at radius 1 is 1.41 bits per heavy atom. The van der Waals surface area contributed by atoms with Gasteiger partial charge in [0.05, 0.1) is 6.54 Å². The van der Waals surface area contributed by atoms with Crippen LogP contribution in [0.5, 0.6) is 0 Å². The van der Waals surface area contributed by atoms with Crippen LogP contribution >= 0.6 is 0 Å². The van der Waals surface area contributed by atoms with Gasteiger partial charge in [0.25, 0.3) is 15.9 Å². The average Bonchev–Trinajstić information content (AvgIpc) is 2.24. The topological polar surface area (TPSA) is 66.5 Å². The molecule has 1 N–H and O–H groups in total. The minimum absolute atomic E-state index is 0.105. The summed E-state index contributed by atoms with van der Waals surface area (Å²) in [5.41, 5.74) is 0. The predicted octanol–water partition coefficient (Wildman–Crippen LogP) is 0.468. The lowest BCUT2D eigenvalue weighted by Gasteiger charge is -2.45. The van der Waals surface area contributed by atoms with Crippen LogP contribution in [0.1, 0.15) is 40.0 Å². The van der Waals surface area contributed by atoms with Crippen molar-refractivity contribution in [1.29, 1.82) is 0 Å². The molecule has 2 saturated heterocycles. The third kappa shape index (κ3) is 1.87. The van der Waals surface area contributed by atoms with E-state index >= 15 is 0 Å². The summed E-state index contributed by atoms with van der Waals surface area (Å²) < 4.78 is 23.6. The summed E-state index contributed by atoms with van der Waals surface area (Å²) in [4.78, 5) is 11.8. The SMILES string of the molecule is CC1CCCC(CN2C(=O)C(C)(C)S2(=O)=O)N1. The molecule has 98 valence electrons. The van der Waals surface area contributed by atoms with Crippen molar-refractivity contribution in [3.8, 4) is 0 Å².